The Kier molecular flexibility index (Phi) is 3.69. The maximum atomic E-state index is 11.9. The van der Waals surface area contributed by atoms with Crippen molar-refractivity contribution in [1.29, 1.82) is 0 Å². The number of carbonyl (C=O) groups excluding carboxylic acids is 1. The standard InChI is InChI=1S/C15H22O3/c16-15(14-9-11-6-7-12(14)8-11)18-10-17-13-4-2-1-3-5-13/h6-7,11-14H,1-5,8-10H2. The number of esters is 1. The second-order valence-electron chi connectivity index (χ2n) is 5.89. The fourth-order valence-corrected chi connectivity index (χ4v) is 3.58. The molecule has 2 fully saturated rings. The van der Waals surface area contributed by atoms with Gasteiger partial charge in [0.25, 0.3) is 0 Å². The maximum Gasteiger partial charge on any atom is 0.311 e. The van der Waals surface area contributed by atoms with E-state index in [2.05, 4.69) is 12.2 Å². The fraction of sp³-hybridized carbons (Fsp3) is 0.800. The van der Waals surface area contributed by atoms with E-state index in [4.69, 9.17) is 9.47 Å². The molecule has 0 aliphatic heterocycles. The minimum Gasteiger partial charge on any atom is -0.438 e. The number of allylic oxidation sites excluding steroid dienone is 2. The topological polar surface area (TPSA) is 35.5 Å². The van der Waals surface area contributed by atoms with E-state index in [1.165, 1.54) is 19.3 Å². The van der Waals surface area contributed by atoms with Crippen molar-refractivity contribution in [3.8, 4) is 0 Å². The molecule has 3 nitrogen and oxygen atoms in total. The Morgan fingerprint density at radius 1 is 1.11 bits per heavy atom. The minimum atomic E-state index is -0.0531. The molecule has 3 rings (SSSR count). The van der Waals surface area contributed by atoms with Gasteiger partial charge in [-0.15, -0.1) is 0 Å². The zero-order valence-electron chi connectivity index (χ0n) is 10.8. The second kappa shape index (κ2) is 5.43. The third kappa shape index (κ3) is 2.61. The van der Waals surface area contributed by atoms with Crippen LogP contribution in [0.15, 0.2) is 12.2 Å². The molecule has 3 atom stereocenters. The minimum absolute atomic E-state index is 0.0531. The second-order valence-corrected chi connectivity index (χ2v) is 5.89. The van der Waals surface area contributed by atoms with Crippen LogP contribution in [0.2, 0.25) is 0 Å². The van der Waals surface area contributed by atoms with Gasteiger partial charge < -0.3 is 9.47 Å². The molecule has 0 heterocycles. The number of carbonyl (C=O) groups is 1. The number of fused-ring (bicyclic) bond motifs is 2. The average molecular weight is 250 g/mol. The van der Waals surface area contributed by atoms with Gasteiger partial charge in [0.2, 0.25) is 0 Å². The van der Waals surface area contributed by atoms with Gasteiger partial charge in [0.1, 0.15) is 0 Å². The summed E-state index contributed by atoms with van der Waals surface area (Å²) in [4.78, 5) is 11.9. The number of hydrogen-bond acceptors (Lipinski definition) is 3. The summed E-state index contributed by atoms with van der Waals surface area (Å²) < 4.78 is 10.9. The summed E-state index contributed by atoms with van der Waals surface area (Å²) in [5.74, 6) is 1.08. The molecular weight excluding hydrogens is 228 g/mol. The summed E-state index contributed by atoms with van der Waals surface area (Å²) in [6.07, 6.45) is 12.9. The average Bonchev–Trinajstić information content (AvgIpc) is 3.02. The van der Waals surface area contributed by atoms with Gasteiger partial charge in [-0.3, -0.25) is 4.79 Å². The molecule has 0 N–H and O–H groups in total. The van der Waals surface area contributed by atoms with Gasteiger partial charge in [-0.1, -0.05) is 31.4 Å². The van der Waals surface area contributed by atoms with Gasteiger partial charge in [0, 0.05) is 0 Å². The van der Waals surface area contributed by atoms with Crippen molar-refractivity contribution in [3.63, 3.8) is 0 Å². The molecule has 0 aromatic carbocycles. The van der Waals surface area contributed by atoms with Gasteiger partial charge in [0.15, 0.2) is 6.79 Å². The first-order chi connectivity index (χ1) is 8.83. The van der Waals surface area contributed by atoms with Crippen molar-refractivity contribution in [2.75, 3.05) is 6.79 Å². The maximum absolute atomic E-state index is 11.9. The highest BCUT2D eigenvalue weighted by Crippen LogP contribution is 2.43. The van der Waals surface area contributed by atoms with E-state index in [0.717, 1.165) is 25.7 Å². The highest BCUT2D eigenvalue weighted by Gasteiger charge is 2.40. The lowest BCUT2D eigenvalue weighted by atomic mass is 9.94. The molecule has 0 radical (unpaired) electrons. The Hall–Kier alpha value is -0.830. The summed E-state index contributed by atoms with van der Waals surface area (Å²) in [5.41, 5.74) is 0. The predicted octanol–water partition coefficient (Wildman–Crippen LogP) is 3.05. The zero-order chi connectivity index (χ0) is 12.4. The van der Waals surface area contributed by atoms with Crippen molar-refractivity contribution in [2.24, 2.45) is 17.8 Å². The van der Waals surface area contributed by atoms with Crippen molar-refractivity contribution < 1.29 is 14.3 Å². The highest BCUT2D eigenvalue weighted by molar-refractivity contribution is 5.74. The van der Waals surface area contributed by atoms with Gasteiger partial charge in [-0.2, -0.15) is 0 Å². The molecule has 0 aromatic rings. The fourth-order valence-electron chi connectivity index (χ4n) is 3.58. The van der Waals surface area contributed by atoms with E-state index in [0.29, 0.717) is 17.9 Å². The van der Waals surface area contributed by atoms with Crippen molar-refractivity contribution in [2.45, 2.75) is 51.0 Å². The molecule has 3 aliphatic rings. The van der Waals surface area contributed by atoms with E-state index in [1.54, 1.807) is 0 Å². The van der Waals surface area contributed by atoms with Crippen molar-refractivity contribution in [1.82, 2.24) is 0 Å². The van der Waals surface area contributed by atoms with E-state index in [-0.39, 0.29) is 18.7 Å². The van der Waals surface area contributed by atoms with E-state index in [1.807, 2.05) is 0 Å². The number of ether oxygens (including phenoxy) is 2. The lowest BCUT2D eigenvalue weighted by Gasteiger charge is -2.22. The number of hydrogen-bond donors (Lipinski definition) is 0. The first-order valence-electron chi connectivity index (χ1n) is 7.29. The van der Waals surface area contributed by atoms with Crippen LogP contribution >= 0.6 is 0 Å². The molecule has 2 saturated carbocycles. The number of rotatable bonds is 4. The molecule has 0 spiro atoms. The molecule has 0 saturated heterocycles. The lowest BCUT2D eigenvalue weighted by molar-refractivity contribution is -0.167. The smallest absolute Gasteiger partial charge is 0.311 e. The summed E-state index contributed by atoms with van der Waals surface area (Å²) in [6, 6.07) is 0. The molecule has 0 aromatic heterocycles. The molecule has 18 heavy (non-hydrogen) atoms. The van der Waals surface area contributed by atoms with Crippen molar-refractivity contribution >= 4 is 5.97 Å². The van der Waals surface area contributed by atoms with Gasteiger partial charge >= 0.3 is 5.97 Å². The highest BCUT2D eigenvalue weighted by atomic mass is 16.7. The Morgan fingerprint density at radius 3 is 2.61 bits per heavy atom. The Bertz CT molecular complexity index is 331. The van der Waals surface area contributed by atoms with Crippen LogP contribution in [0, 0.1) is 17.8 Å². The molecule has 0 amide bonds. The van der Waals surface area contributed by atoms with Crippen LogP contribution in [0.4, 0.5) is 0 Å². The molecular formula is C15H22O3. The third-order valence-electron chi connectivity index (χ3n) is 4.64. The Balaban J connectivity index is 1.38. The normalized spacial score (nSPS) is 35.0. The van der Waals surface area contributed by atoms with Crippen LogP contribution in [0.5, 0.6) is 0 Å². The van der Waals surface area contributed by atoms with Gasteiger partial charge in [-0.05, 0) is 37.5 Å². The van der Waals surface area contributed by atoms with E-state index < -0.39 is 0 Å². The molecule has 3 unspecified atom stereocenters. The quantitative estimate of drug-likeness (QED) is 0.437. The monoisotopic (exact) mass is 250 g/mol. The summed E-state index contributed by atoms with van der Waals surface area (Å²) in [7, 11) is 0. The third-order valence-corrected chi connectivity index (χ3v) is 4.64. The summed E-state index contributed by atoms with van der Waals surface area (Å²) in [6.45, 7) is 0.154. The van der Waals surface area contributed by atoms with Gasteiger partial charge in [0.05, 0.1) is 12.0 Å². The Labute approximate surface area is 109 Å². The zero-order valence-corrected chi connectivity index (χ0v) is 10.8. The van der Waals surface area contributed by atoms with Crippen molar-refractivity contribution in [3.05, 3.63) is 12.2 Å². The molecule has 3 aliphatic carbocycles. The summed E-state index contributed by atoms with van der Waals surface area (Å²) in [5, 5.41) is 0. The lowest BCUT2D eigenvalue weighted by Crippen LogP contribution is -2.25. The van der Waals surface area contributed by atoms with Gasteiger partial charge in [-0.25, -0.2) is 0 Å². The van der Waals surface area contributed by atoms with Crippen LogP contribution in [-0.4, -0.2) is 18.9 Å². The largest absolute Gasteiger partial charge is 0.438 e. The SMILES string of the molecule is O=C(OCOC1CCCCC1)C1CC2C=CC1C2. The Morgan fingerprint density at radius 2 is 1.94 bits per heavy atom. The molecule has 3 heteroatoms. The predicted molar refractivity (Wildman–Crippen MR) is 67.8 cm³/mol. The van der Waals surface area contributed by atoms with Crippen LogP contribution in [0.1, 0.15) is 44.9 Å². The van der Waals surface area contributed by atoms with E-state index >= 15 is 0 Å². The van der Waals surface area contributed by atoms with Crippen LogP contribution in [0.25, 0.3) is 0 Å². The van der Waals surface area contributed by atoms with Crippen LogP contribution in [0.3, 0.4) is 0 Å². The molecule has 100 valence electrons. The molecule has 2 bridgehead atoms. The first kappa shape index (κ1) is 12.2. The van der Waals surface area contributed by atoms with Crippen LogP contribution < -0.4 is 0 Å². The first-order valence-corrected chi connectivity index (χ1v) is 7.29. The van der Waals surface area contributed by atoms with E-state index in [9.17, 15) is 4.79 Å². The van der Waals surface area contributed by atoms with Crippen LogP contribution in [-0.2, 0) is 14.3 Å². The summed E-state index contributed by atoms with van der Waals surface area (Å²) >= 11 is 0.